The van der Waals surface area contributed by atoms with Gasteiger partial charge in [-0.15, -0.1) is 0 Å². The van der Waals surface area contributed by atoms with Gasteiger partial charge in [-0.3, -0.25) is 19.7 Å². The number of nitro groups is 1. The van der Waals surface area contributed by atoms with Gasteiger partial charge >= 0.3 is 0 Å². The van der Waals surface area contributed by atoms with Crippen molar-refractivity contribution in [2.24, 2.45) is 0 Å². The molecule has 0 bridgehead atoms. The normalized spacial score (nSPS) is 10.4. The van der Waals surface area contributed by atoms with E-state index < -0.39 is 16.7 Å². The lowest BCUT2D eigenvalue weighted by Crippen LogP contribution is -2.15. The molecule has 9 heteroatoms. The Bertz CT molecular complexity index is 1060. The second-order valence-electron chi connectivity index (χ2n) is 5.84. The molecule has 142 valence electrons. The molecule has 2 N–H and O–H groups in total. The Morgan fingerprint density at radius 3 is 2.54 bits per heavy atom. The molecule has 8 nitrogen and oxygen atoms in total. The summed E-state index contributed by atoms with van der Waals surface area (Å²) in [5, 5.41) is 16.2. The van der Waals surface area contributed by atoms with Crippen LogP contribution in [-0.2, 0) is 0 Å². The van der Waals surface area contributed by atoms with E-state index >= 15 is 0 Å². The molecule has 0 aliphatic rings. The highest BCUT2D eigenvalue weighted by atomic mass is 35.5. The number of hydrogen-bond acceptors (Lipinski definition) is 5. The Labute approximate surface area is 164 Å². The Balaban J connectivity index is 1.80. The molecule has 28 heavy (non-hydrogen) atoms. The van der Waals surface area contributed by atoms with Crippen LogP contribution in [-0.4, -0.2) is 16.7 Å². The number of aryl methyl sites for hydroxylation is 1. The van der Waals surface area contributed by atoms with E-state index in [1.54, 1.807) is 25.1 Å². The molecule has 2 aromatic carbocycles. The molecule has 0 fully saturated rings. The molecular formula is C19H14ClN3O5. The summed E-state index contributed by atoms with van der Waals surface area (Å²) in [4.78, 5) is 35.0. The predicted molar refractivity (Wildman–Crippen MR) is 104 cm³/mol. The molecule has 3 aromatic rings. The van der Waals surface area contributed by atoms with Crippen LogP contribution >= 0.6 is 11.6 Å². The van der Waals surface area contributed by atoms with Crippen LogP contribution < -0.4 is 10.6 Å². The topological polar surface area (TPSA) is 114 Å². The number of nitrogens with zero attached hydrogens (tertiary/aromatic N) is 1. The second kappa shape index (κ2) is 7.93. The summed E-state index contributed by atoms with van der Waals surface area (Å²) >= 11 is 5.77. The number of rotatable bonds is 5. The van der Waals surface area contributed by atoms with Crippen molar-refractivity contribution in [3.05, 3.63) is 86.8 Å². The highest BCUT2D eigenvalue weighted by Gasteiger charge is 2.16. The molecule has 0 aliphatic carbocycles. The SMILES string of the molecule is Cc1ccc(C(=O)Nc2ccc(Cl)c([N+](=O)[O-])c2)cc1NC(=O)c1ccco1. The number of benzene rings is 2. The van der Waals surface area contributed by atoms with Crippen molar-refractivity contribution in [1.82, 2.24) is 0 Å². The predicted octanol–water partition coefficient (Wildman–Crippen LogP) is 4.65. The van der Waals surface area contributed by atoms with E-state index in [1.165, 1.54) is 36.6 Å². The number of amides is 2. The van der Waals surface area contributed by atoms with Crippen LogP contribution in [0.25, 0.3) is 0 Å². The Hall–Kier alpha value is -3.65. The first-order valence-corrected chi connectivity index (χ1v) is 8.44. The minimum Gasteiger partial charge on any atom is -0.459 e. The van der Waals surface area contributed by atoms with E-state index in [2.05, 4.69) is 10.6 Å². The number of nitro benzene ring substituents is 1. The van der Waals surface area contributed by atoms with Crippen LogP contribution in [0.15, 0.2) is 59.2 Å². The molecule has 2 amide bonds. The van der Waals surface area contributed by atoms with Crippen LogP contribution in [0.4, 0.5) is 17.1 Å². The molecule has 1 heterocycles. The van der Waals surface area contributed by atoms with Gasteiger partial charge in [0.05, 0.1) is 11.2 Å². The van der Waals surface area contributed by atoms with E-state index in [-0.39, 0.29) is 27.7 Å². The van der Waals surface area contributed by atoms with Gasteiger partial charge in [0, 0.05) is 23.0 Å². The highest BCUT2D eigenvalue weighted by Crippen LogP contribution is 2.28. The number of carbonyl (C=O) groups is 2. The van der Waals surface area contributed by atoms with Gasteiger partial charge in [-0.2, -0.15) is 0 Å². The summed E-state index contributed by atoms with van der Waals surface area (Å²) in [6, 6.07) is 11.9. The van der Waals surface area contributed by atoms with Crippen molar-refractivity contribution in [1.29, 1.82) is 0 Å². The molecule has 0 saturated carbocycles. The van der Waals surface area contributed by atoms with Gasteiger partial charge in [-0.25, -0.2) is 0 Å². The van der Waals surface area contributed by atoms with Crippen molar-refractivity contribution < 1.29 is 18.9 Å². The van der Waals surface area contributed by atoms with Gasteiger partial charge in [0.15, 0.2) is 5.76 Å². The van der Waals surface area contributed by atoms with Crippen LogP contribution in [0.3, 0.4) is 0 Å². The van der Waals surface area contributed by atoms with E-state index in [0.717, 1.165) is 5.56 Å². The van der Waals surface area contributed by atoms with E-state index in [9.17, 15) is 19.7 Å². The van der Waals surface area contributed by atoms with Gasteiger partial charge in [-0.05, 0) is 48.9 Å². The standard InChI is InChI=1S/C19H14ClN3O5/c1-11-4-5-12(9-15(11)22-19(25)17-3-2-8-28-17)18(24)21-13-6-7-14(20)16(10-13)23(26)27/h2-10H,1H3,(H,21,24)(H,22,25). The largest absolute Gasteiger partial charge is 0.459 e. The van der Waals surface area contributed by atoms with Gasteiger partial charge in [0.1, 0.15) is 5.02 Å². The molecule has 0 aliphatic heterocycles. The van der Waals surface area contributed by atoms with Gasteiger partial charge in [0.25, 0.3) is 17.5 Å². The monoisotopic (exact) mass is 399 g/mol. The maximum Gasteiger partial charge on any atom is 0.291 e. The maximum absolute atomic E-state index is 12.5. The second-order valence-corrected chi connectivity index (χ2v) is 6.25. The Kier molecular flexibility index (Phi) is 5.42. The summed E-state index contributed by atoms with van der Waals surface area (Å²) in [5.74, 6) is -0.799. The molecular weight excluding hydrogens is 386 g/mol. The maximum atomic E-state index is 12.5. The number of anilines is 2. The average Bonchev–Trinajstić information content (AvgIpc) is 3.19. The molecule has 0 atom stereocenters. The quantitative estimate of drug-likeness (QED) is 0.478. The highest BCUT2D eigenvalue weighted by molar-refractivity contribution is 6.32. The van der Waals surface area contributed by atoms with Crippen molar-refractivity contribution in [3.63, 3.8) is 0 Å². The summed E-state index contributed by atoms with van der Waals surface area (Å²) in [5.41, 5.74) is 1.37. The summed E-state index contributed by atoms with van der Waals surface area (Å²) in [6.45, 7) is 1.78. The molecule has 0 spiro atoms. The third kappa shape index (κ3) is 4.18. The van der Waals surface area contributed by atoms with Crippen LogP contribution in [0.1, 0.15) is 26.5 Å². The third-order valence-corrected chi connectivity index (χ3v) is 4.21. The fourth-order valence-electron chi connectivity index (χ4n) is 2.42. The van der Waals surface area contributed by atoms with E-state index in [0.29, 0.717) is 5.69 Å². The van der Waals surface area contributed by atoms with Crippen molar-refractivity contribution in [2.75, 3.05) is 10.6 Å². The van der Waals surface area contributed by atoms with E-state index in [4.69, 9.17) is 16.0 Å². The zero-order valence-corrected chi connectivity index (χ0v) is 15.3. The number of carbonyl (C=O) groups excluding carboxylic acids is 2. The van der Waals surface area contributed by atoms with Crippen LogP contribution in [0.5, 0.6) is 0 Å². The fourth-order valence-corrected chi connectivity index (χ4v) is 2.61. The average molecular weight is 400 g/mol. The minimum atomic E-state index is -0.633. The van der Waals surface area contributed by atoms with Gasteiger partial charge < -0.3 is 15.1 Å². The van der Waals surface area contributed by atoms with Gasteiger partial charge in [-0.1, -0.05) is 17.7 Å². The summed E-state index contributed by atoms with van der Waals surface area (Å²) in [7, 11) is 0. The molecule has 3 rings (SSSR count). The van der Waals surface area contributed by atoms with Crippen molar-refractivity contribution >= 4 is 40.5 Å². The van der Waals surface area contributed by atoms with Gasteiger partial charge in [0.2, 0.25) is 0 Å². The summed E-state index contributed by atoms with van der Waals surface area (Å²) in [6.07, 6.45) is 1.39. The third-order valence-electron chi connectivity index (χ3n) is 3.89. The fraction of sp³-hybridized carbons (Fsp3) is 0.0526. The minimum absolute atomic E-state index is 0.0266. The number of hydrogen-bond donors (Lipinski definition) is 2. The lowest BCUT2D eigenvalue weighted by molar-refractivity contribution is -0.384. The first kappa shape index (κ1) is 19.1. The number of furan rings is 1. The van der Waals surface area contributed by atoms with E-state index in [1.807, 2.05) is 0 Å². The number of halogens is 1. The van der Waals surface area contributed by atoms with Crippen LogP contribution in [0.2, 0.25) is 5.02 Å². The smallest absolute Gasteiger partial charge is 0.291 e. The summed E-state index contributed by atoms with van der Waals surface area (Å²) < 4.78 is 5.05. The first-order chi connectivity index (χ1) is 13.3. The lowest BCUT2D eigenvalue weighted by Gasteiger charge is -2.10. The first-order valence-electron chi connectivity index (χ1n) is 8.06. The van der Waals surface area contributed by atoms with Crippen molar-refractivity contribution in [3.8, 4) is 0 Å². The molecule has 0 saturated heterocycles. The zero-order valence-electron chi connectivity index (χ0n) is 14.6. The lowest BCUT2D eigenvalue weighted by atomic mass is 10.1. The zero-order chi connectivity index (χ0) is 20.3. The molecule has 0 radical (unpaired) electrons. The Morgan fingerprint density at radius 2 is 1.86 bits per heavy atom. The molecule has 0 unspecified atom stereocenters. The molecule has 1 aromatic heterocycles. The number of nitrogens with one attached hydrogen (secondary N) is 2. The van der Waals surface area contributed by atoms with Crippen LogP contribution in [0, 0.1) is 17.0 Å². The van der Waals surface area contributed by atoms with Crippen molar-refractivity contribution in [2.45, 2.75) is 6.92 Å². The Morgan fingerprint density at radius 1 is 1.07 bits per heavy atom.